The fourth-order valence-electron chi connectivity index (χ4n) is 2.26. The number of hydrogen-bond donors (Lipinski definition) is 1. The van der Waals surface area contributed by atoms with Gasteiger partial charge in [0.25, 0.3) is 0 Å². The standard InChI is InChI=1S/C17H14BrNO2/c1-11-6-7-13-12(10-21-16(13)8-11)9-17(20)19-15-5-3-2-4-14(15)18/h2-8,10H,9H2,1H3,(H,19,20). The van der Waals surface area contributed by atoms with Crippen LogP contribution in [0.3, 0.4) is 0 Å². The van der Waals surface area contributed by atoms with Crippen LogP contribution < -0.4 is 5.32 Å². The van der Waals surface area contributed by atoms with E-state index in [9.17, 15) is 4.79 Å². The molecule has 3 nitrogen and oxygen atoms in total. The van der Waals surface area contributed by atoms with Crippen LogP contribution in [0.15, 0.2) is 57.6 Å². The summed E-state index contributed by atoms with van der Waals surface area (Å²) in [6.07, 6.45) is 1.95. The van der Waals surface area contributed by atoms with Gasteiger partial charge in [-0.15, -0.1) is 0 Å². The number of carbonyl (C=O) groups excluding carboxylic acids is 1. The van der Waals surface area contributed by atoms with Gasteiger partial charge in [-0.1, -0.05) is 24.3 Å². The van der Waals surface area contributed by atoms with Crippen molar-refractivity contribution in [3.05, 3.63) is 64.3 Å². The fourth-order valence-corrected chi connectivity index (χ4v) is 2.64. The van der Waals surface area contributed by atoms with Crippen LogP contribution in [0.25, 0.3) is 11.0 Å². The van der Waals surface area contributed by atoms with Crippen molar-refractivity contribution >= 4 is 38.5 Å². The van der Waals surface area contributed by atoms with Crippen LogP contribution in [0.2, 0.25) is 0 Å². The second kappa shape index (κ2) is 5.74. The van der Waals surface area contributed by atoms with E-state index in [2.05, 4.69) is 21.2 Å². The molecule has 1 amide bonds. The molecule has 3 rings (SSSR count). The highest BCUT2D eigenvalue weighted by atomic mass is 79.9. The first kappa shape index (κ1) is 13.9. The molecule has 1 aromatic heterocycles. The number of para-hydroxylation sites is 1. The molecule has 0 fully saturated rings. The maximum absolute atomic E-state index is 12.2. The lowest BCUT2D eigenvalue weighted by atomic mass is 10.1. The van der Waals surface area contributed by atoms with E-state index in [1.165, 1.54) is 0 Å². The highest BCUT2D eigenvalue weighted by molar-refractivity contribution is 9.10. The fraction of sp³-hybridized carbons (Fsp3) is 0.118. The lowest BCUT2D eigenvalue weighted by Crippen LogP contribution is -2.14. The van der Waals surface area contributed by atoms with Crippen LogP contribution >= 0.6 is 15.9 Å². The number of furan rings is 1. The van der Waals surface area contributed by atoms with Crippen LogP contribution in [0.5, 0.6) is 0 Å². The van der Waals surface area contributed by atoms with E-state index in [1.807, 2.05) is 49.4 Å². The molecule has 0 radical (unpaired) electrons. The summed E-state index contributed by atoms with van der Waals surface area (Å²) in [6, 6.07) is 13.5. The van der Waals surface area contributed by atoms with Crippen LogP contribution in [0, 0.1) is 6.92 Å². The first-order valence-corrected chi connectivity index (χ1v) is 7.44. The van der Waals surface area contributed by atoms with Crippen LogP contribution in [0.1, 0.15) is 11.1 Å². The van der Waals surface area contributed by atoms with Gasteiger partial charge in [0.15, 0.2) is 0 Å². The maximum Gasteiger partial charge on any atom is 0.228 e. The zero-order valence-corrected chi connectivity index (χ0v) is 13.1. The third-order valence-corrected chi connectivity index (χ3v) is 4.00. The van der Waals surface area contributed by atoms with Gasteiger partial charge >= 0.3 is 0 Å². The summed E-state index contributed by atoms with van der Waals surface area (Å²) in [5, 5.41) is 3.89. The van der Waals surface area contributed by atoms with Gasteiger partial charge in [-0.05, 0) is 46.6 Å². The molecule has 0 aliphatic heterocycles. The first-order chi connectivity index (χ1) is 10.1. The molecule has 4 heteroatoms. The number of fused-ring (bicyclic) bond motifs is 1. The Hall–Kier alpha value is -2.07. The van der Waals surface area contributed by atoms with Gasteiger partial charge in [0.2, 0.25) is 5.91 Å². The molecule has 106 valence electrons. The summed E-state index contributed by atoms with van der Waals surface area (Å²) in [7, 11) is 0. The summed E-state index contributed by atoms with van der Waals surface area (Å²) >= 11 is 3.42. The van der Waals surface area contributed by atoms with Crippen molar-refractivity contribution in [1.29, 1.82) is 0 Å². The van der Waals surface area contributed by atoms with Crippen LogP contribution in [-0.4, -0.2) is 5.91 Å². The molecular weight excluding hydrogens is 330 g/mol. The summed E-state index contributed by atoms with van der Waals surface area (Å²) < 4.78 is 6.38. The van der Waals surface area contributed by atoms with Crippen molar-refractivity contribution < 1.29 is 9.21 Å². The molecule has 0 aliphatic rings. The van der Waals surface area contributed by atoms with Crippen molar-refractivity contribution in [2.45, 2.75) is 13.3 Å². The van der Waals surface area contributed by atoms with Gasteiger partial charge in [0, 0.05) is 15.4 Å². The van der Waals surface area contributed by atoms with Gasteiger partial charge < -0.3 is 9.73 Å². The molecule has 0 atom stereocenters. The molecule has 0 aliphatic carbocycles. The maximum atomic E-state index is 12.2. The quantitative estimate of drug-likeness (QED) is 0.749. The molecule has 21 heavy (non-hydrogen) atoms. The molecule has 0 saturated heterocycles. The Balaban J connectivity index is 1.79. The first-order valence-electron chi connectivity index (χ1n) is 6.64. The zero-order chi connectivity index (χ0) is 14.8. The van der Waals surface area contributed by atoms with E-state index in [0.29, 0.717) is 0 Å². The normalized spacial score (nSPS) is 10.8. The SMILES string of the molecule is Cc1ccc2c(CC(=O)Nc3ccccc3Br)coc2c1. The molecular formula is C17H14BrNO2. The second-order valence-electron chi connectivity index (χ2n) is 4.97. The van der Waals surface area contributed by atoms with Crippen LogP contribution in [-0.2, 0) is 11.2 Å². The van der Waals surface area contributed by atoms with Crippen molar-refractivity contribution in [3.63, 3.8) is 0 Å². The topological polar surface area (TPSA) is 42.2 Å². The molecule has 0 spiro atoms. The van der Waals surface area contributed by atoms with E-state index < -0.39 is 0 Å². The highest BCUT2D eigenvalue weighted by Crippen LogP contribution is 2.24. The van der Waals surface area contributed by atoms with E-state index in [1.54, 1.807) is 6.26 Å². The predicted molar refractivity (Wildman–Crippen MR) is 87.4 cm³/mol. The summed E-state index contributed by atoms with van der Waals surface area (Å²) in [4.78, 5) is 12.2. The molecule has 0 saturated carbocycles. The van der Waals surface area contributed by atoms with Crippen LogP contribution in [0.4, 0.5) is 5.69 Å². The van der Waals surface area contributed by atoms with Gasteiger partial charge in [-0.3, -0.25) is 4.79 Å². The monoisotopic (exact) mass is 343 g/mol. The Morgan fingerprint density at radius 1 is 1.24 bits per heavy atom. The Morgan fingerprint density at radius 3 is 2.86 bits per heavy atom. The predicted octanol–water partition coefficient (Wildman–Crippen LogP) is 4.68. The molecule has 2 aromatic carbocycles. The number of carbonyl (C=O) groups is 1. The summed E-state index contributed by atoms with van der Waals surface area (Å²) in [6.45, 7) is 2.02. The van der Waals surface area contributed by atoms with Gasteiger partial charge in [-0.25, -0.2) is 0 Å². The Bertz CT molecular complexity index is 807. The summed E-state index contributed by atoms with van der Waals surface area (Å²) in [5.41, 5.74) is 3.63. The van der Waals surface area contributed by atoms with E-state index in [4.69, 9.17) is 4.42 Å². The second-order valence-corrected chi connectivity index (χ2v) is 5.82. The van der Waals surface area contributed by atoms with Gasteiger partial charge in [-0.2, -0.15) is 0 Å². The molecule has 1 N–H and O–H groups in total. The largest absolute Gasteiger partial charge is 0.464 e. The number of anilines is 1. The number of amides is 1. The number of rotatable bonds is 3. The van der Waals surface area contributed by atoms with Gasteiger partial charge in [0.1, 0.15) is 5.58 Å². The number of hydrogen-bond acceptors (Lipinski definition) is 2. The average molecular weight is 344 g/mol. The van der Waals surface area contributed by atoms with Gasteiger partial charge in [0.05, 0.1) is 18.4 Å². The third kappa shape index (κ3) is 3.00. The molecule has 3 aromatic rings. The van der Waals surface area contributed by atoms with E-state index >= 15 is 0 Å². The summed E-state index contributed by atoms with van der Waals surface area (Å²) in [5.74, 6) is -0.0647. The van der Waals surface area contributed by atoms with Crippen molar-refractivity contribution in [2.24, 2.45) is 0 Å². The minimum atomic E-state index is -0.0647. The lowest BCUT2D eigenvalue weighted by Gasteiger charge is -2.06. The number of nitrogens with one attached hydrogen (secondary N) is 1. The van der Waals surface area contributed by atoms with E-state index in [-0.39, 0.29) is 12.3 Å². The Morgan fingerprint density at radius 2 is 2.05 bits per heavy atom. The molecule has 0 unspecified atom stereocenters. The van der Waals surface area contributed by atoms with Crippen molar-refractivity contribution in [3.8, 4) is 0 Å². The average Bonchev–Trinajstić information content (AvgIpc) is 2.83. The molecule has 0 bridgehead atoms. The van der Waals surface area contributed by atoms with Crippen molar-refractivity contribution in [2.75, 3.05) is 5.32 Å². The number of halogens is 1. The zero-order valence-electron chi connectivity index (χ0n) is 11.5. The lowest BCUT2D eigenvalue weighted by molar-refractivity contribution is -0.115. The minimum absolute atomic E-state index is 0.0647. The third-order valence-electron chi connectivity index (χ3n) is 3.31. The minimum Gasteiger partial charge on any atom is -0.464 e. The smallest absolute Gasteiger partial charge is 0.228 e. The number of aryl methyl sites for hydroxylation is 1. The van der Waals surface area contributed by atoms with E-state index in [0.717, 1.165) is 32.3 Å². The highest BCUT2D eigenvalue weighted by Gasteiger charge is 2.11. The Kier molecular flexibility index (Phi) is 3.80. The Labute approximate surface area is 131 Å². The van der Waals surface area contributed by atoms with Crippen molar-refractivity contribution in [1.82, 2.24) is 0 Å². The molecule has 1 heterocycles. The number of benzene rings is 2.